The van der Waals surface area contributed by atoms with Gasteiger partial charge in [-0.2, -0.15) is 5.10 Å². The van der Waals surface area contributed by atoms with Gasteiger partial charge in [-0.3, -0.25) is 14.9 Å². The molecule has 2 aromatic carbocycles. The number of fused-ring (bicyclic) bond motifs is 1. The van der Waals surface area contributed by atoms with E-state index < -0.39 is 10.8 Å². The molecule has 0 atom stereocenters. The lowest BCUT2D eigenvalue weighted by molar-refractivity contribution is -0.385. The van der Waals surface area contributed by atoms with Gasteiger partial charge in [0.05, 0.1) is 16.7 Å². The maximum atomic E-state index is 12.0. The van der Waals surface area contributed by atoms with Crippen molar-refractivity contribution in [3.63, 3.8) is 0 Å². The number of rotatable bonds is 4. The van der Waals surface area contributed by atoms with Crippen molar-refractivity contribution in [2.75, 3.05) is 0 Å². The summed E-state index contributed by atoms with van der Waals surface area (Å²) in [4.78, 5) is 25.4. The lowest BCUT2D eigenvalue weighted by Crippen LogP contribution is -2.17. The second-order valence-corrected chi connectivity index (χ2v) is 4.79. The number of aromatic nitrogens is 1. The molecule has 7 nitrogen and oxygen atoms in total. The number of amides is 1. The Hall–Kier alpha value is -3.48. The SMILES string of the molecule is O=C(NN=Cc1ccccc1[N+](=O)[O-])c1cc2ccccc2[nH]1. The number of H-pyrrole nitrogens is 1. The fourth-order valence-corrected chi connectivity index (χ4v) is 2.18. The third kappa shape index (κ3) is 3.08. The van der Waals surface area contributed by atoms with E-state index in [-0.39, 0.29) is 5.69 Å². The molecule has 2 N–H and O–H groups in total. The molecule has 7 heteroatoms. The van der Waals surface area contributed by atoms with Crippen molar-refractivity contribution < 1.29 is 9.72 Å². The summed E-state index contributed by atoms with van der Waals surface area (Å²) in [5.74, 6) is -0.420. The normalized spacial score (nSPS) is 11.0. The lowest BCUT2D eigenvalue weighted by atomic mass is 10.2. The highest BCUT2D eigenvalue weighted by molar-refractivity contribution is 5.98. The highest BCUT2D eigenvalue weighted by atomic mass is 16.6. The van der Waals surface area contributed by atoms with Crippen LogP contribution >= 0.6 is 0 Å². The largest absolute Gasteiger partial charge is 0.350 e. The fourth-order valence-electron chi connectivity index (χ4n) is 2.18. The van der Waals surface area contributed by atoms with Crippen LogP contribution in [0.25, 0.3) is 10.9 Å². The first-order valence-electron chi connectivity index (χ1n) is 6.80. The highest BCUT2D eigenvalue weighted by Crippen LogP contribution is 2.16. The number of nitrogens with zero attached hydrogens (tertiary/aromatic N) is 2. The Bertz CT molecular complexity index is 881. The van der Waals surface area contributed by atoms with Crippen molar-refractivity contribution in [1.82, 2.24) is 10.4 Å². The molecule has 0 aliphatic carbocycles. The number of benzene rings is 2. The van der Waals surface area contributed by atoms with Crippen LogP contribution in [0.3, 0.4) is 0 Å². The number of aromatic amines is 1. The molecule has 114 valence electrons. The Morgan fingerprint density at radius 1 is 1.17 bits per heavy atom. The summed E-state index contributed by atoms with van der Waals surface area (Å²) in [6.45, 7) is 0. The molecule has 1 heterocycles. The molecule has 0 radical (unpaired) electrons. The highest BCUT2D eigenvalue weighted by Gasteiger charge is 2.11. The first kappa shape index (κ1) is 14.5. The van der Waals surface area contributed by atoms with Gasteiger partial charge in [0.25, 0.3) is 11.6 Å². The monoisotopic (exact) mass is 308 g/mol. The van der Waals surface area contributed by atoms with Crippen LogP contribution in [0.15, 0.2) is 59.7 Å². The minimum Gasteiger partial charge on any atom is -0.350 e. The van der Waals surface area contributed by atoms with Crippen LogP contribution in [-0.2, 0) is 0 Å². The fraction of sp³-hybridized carbons (Fsp3) is 0. The van der Waals surface area contributed by atoms with E-state index in [0.717, 1.165) is 10.9 Å². The maximum absolute atomic E-state index is 12.0. The standard InChI is InChI=1S/C16H12N4O3/c21-16(14-9-11-5-1-3-7-13(11)18-14)19-17-10-12-6-2-4-8-15(12)20(22)23/h1-10,18H,(H,19,21). The van der Waals surface area contributed by atoms with Crippen LogP contribution in [0.2, 0.25) is 0 Å². The molecule has 3 aromatic rings. The van der Waals surface area contributed by atoms with Crippen LogP contribution in [0, 0.1) is 10.1 Å². The smallest absolute Gasteiger partial charge is 0.287 e. The summed E-state index contributed by atoms with van der Waals surface area (Å²) in [7, 11) is 0. The van der Waals surface area contributed by atoms with Crippen LogP contribution in [0.1, 0.15) is 16.1 Å². The van der Waals surface area contributed by atoms with Gasteiger partial charge in [-0.25, -0.2) is 5.43 Å². The van der Waals surface area contributed by atoms with Gasteiger partial charge in [-0.1, -0.05) is 30.3 Å². The zero-order valence-electron chi connectivity index (χ0n) is 11.9. The number of hydrogen-bond acceptors (Lipinski definition) is 4. The minimum atomic E-state index is -0.499. The van der Waals surface area contributed by atoms with E-state index >= 15 is 0 Å². The summed E-state index contributed by atoms with van der Waals surface area (Å²) in [5, 5.41) is 15.6. The molecular weight excluding hydrogens is 296 g/mol. The van der Waals surface area contributed by atoms with Gasteiger partial charge in [0.15, 0.2) is 0 Å². The van der Waals surface area contributed by atoms with Crippen molar-refractivity contribution in [3.8, 4) is 0 Å². The van der Waals surface area contributed by atoms with Crippen LogP contribution in [-0.4, -0.2) is 22.0 Å². The first-order valence-corrected chi connectivity index (χ1v) is 6.80. The number of hydrazone groups is 1. The number of carbonyl (C=O) groups excluding carboxylic acids is 1. The summed E-state index contributed by atoms with van der Waals surface area (Å²) in [6.07, 6.45) is 1.25. The number of nitro groups is 1. The van der Waals surface area contributed by atoms with E-state index in [1.165, 1.54) is 12.3 Å². The number of carbonyl (C=O) groups is 1. The average molecular weight is 308 g/mol. The van der Waals surface area contributed by atoms with Crippen molar-refractivity contribution in [1.29, 1.82) is 0 Å². The number of para-hydroxylation sites is 2. The predicted octanol–water partition coefficient (Wildman–Crippen LogP) is 2.84. The van der Waals surface area contributed by atoms with Gasteiger partial charge in [0, 0.05) is 17.0 Å². The molecule has 1 aromatic heterocycles. The van der Waals surface area contributed by atoms with Crippen molar-refractivity contribution >= 4 is 28.7 Å². The Kier molecular flexibility index (Phi) is 3.84. The topological polar surface area (TPSA) is 100 Å². The second kappa shape index (κ2) is 6.10. The Balaban J connectivity index is 1.75. The molecule has 0 saturated heterocycles. The molecule has 3 rings (SSSR count). The summed E-state index contributed by atoms with van der Waals surface area (Å²) in [5.41, 5.74) is 3.81. The van der Waals surface area contributed by atoms with E-state index in [4.69, 9.17) is 0 Å². The molecule has 0 unspecified atom stereocenters. The Labute approximate surface area is 130 Å². The number of nitro benzene ring substituents is 1. The molecule has 0 fully saturated rings. The molecule has 23 heavy (non-hydrogen) atoms. The number of hydrogen-bond donors (Lipinski definition) is 2. The van der Waals surface area contributed by atoms with Gasteiger partial charge in [-0.15, -0.1) is 0 Å². The molecule has 0 bridgehead atoms. The van der Waals surface area contributed by atoms with E-state index in [1.54, 1.807) is 24.3 Å². The summed E-state index contributed by atoms with van der Waals surface area (Å²) >= 11 is 0. The van der Waals surface area contributed by atoms with Gasteiger partial charge in [0.2, 0.25) is 0 Å². The average Bonchev–Trinajstić information content (AvgIpc) is 2.99. The molecule has 0 aliphatic heterocycles. The molecule has 0 spiro atoms. The van der Waals surface area contributed by atoms with Gasteiger partial charge >= 0.3 is 0 Å². The zero-order chi connectivity index (χ0) is 16.2. The Morgan fingerprint density at radius 2 is 1.91 bits per heavy atom. The third-order valence-corrected chi connectivity index (χ3v) is 3.28. The molecule has 0 saturated carbocycles. The zero-order valence-corrected chi connectivity index (χ0v) is 11.9. The quantitative estimate of drug-likeness (QED) is 0.440. The molecule has 1 amide bonds. The van der Waals surface area contributed by atoms with Gasteiger partial charge < -0.3 is 4.98 Å². The van der Waals surface area contributed by atoms with Crippen molar-refractivity contribution in [2.45, 2.75) is 0 Å². The van der Waals surface area contributed by atoms with Crippen LogP contribution in [0.4, 0.5) is 5.69 Å². The number of nitrogens with one attached hydrogen (secondary N) is 2. The van der Waals surface area contributed by atoms with Crippen LogP contribution in [0.5, 0.6) is 0 Å². The lowest BCUT2D eigenvalue weighted by Gasteiger charge is -1.97. The van der Waals surface area contributed by atoms with Crippen molar-refractivity contribution in [3.05, 3.63) is 76.0 Å². The maximum Gasteiger partial charge on any atom is 0.287 e. The van der Waals surface area contributed by atoms with E-state index in [0.29, 0.717) is 11.3 Å². The predicted molar refractivity (Wildman–Crippen MR) is 86.5 cm³/mol. The summed E-state index contributed by atoms with van der Waals surface area (Å²) < 4.78 is 0. The van der Waals surface area contributed by atoms with E-state index in [2.05, 4.69) is 15.5 Å². The molecule has 0 aliphatic rings. The van der Waals surface area contributed by atoms with Gasteiger partial charge in [-0.05, 0) is 18.2 Å². The Morgan fingerprint density at radius 3 is 2.70 bits per heavy atom. The summed E-state index contributed by atoms with van der Waals surface area (Å²) in [6, 6.07) is 15.4. The second-order valence-electron chi connectivity index (χ2n) is 4.79. The van der Waals surface area contributed by atoms with E-state index in [9.17, 15) is 14.9 Å². The van der Waals surface area contributed by atoms with E-state index in [1.807, 2.05) is 24.3 Å². The first-order chi connectivity index (χ1) is 11.1. The minimum absolute atomic E-state index is 0.0730. The van der Waals surface area contributed by atoms with Crippen molar-refractivity contribution in [2.24, 2.45) is 5.10 Å². The molecular formula is C16H12N4O3. The van der Waals surface area contributed by atoms with Crippen LogP contribution < -0.4 is 5.43 Å². The third-order valence-electron chi connectivity index (χ3n) is 3.28. The van der Waals surface area contributed by atoms with Gasteiger partial charge in [0.1, 0.15) is 5.69 Å².